The van der Waals surface area contributed by atoms with Gasteiger partial charge < -0.3 is 25.2 Å². The largest absolute Gasteiger partial charge is 0.500 e. The van der Waals surface area contributed by atoms with Crippen molar-refractivity contribution in [3.63, 3.8) is 0 Å². The summed E-state index contributed by atoms with van der Waals surface area (Å²) in [6, 6.07) is 0.796. The number of nitrogens with one attached hydrogen (secondary N) is 2. The van der Waals surface area contributed by atoms with Gasteiger partial charge in [-0.25, -0.2) is 9.59 Å². The Morgan fingerprint density at radius 1 is 1.38 bits per heavy atom. The number of allylic oxidation sites excluding steroid dienone is 1. The number of hydrogen-bond acceptors (Lipinski definition) is 7. The standard InChI is InChI=1S/C16H19N3O7/c1-7(2)26-15(21)12-8(3)17-16(22)18-13(12)9-5-10(19(23)24)14(20)11(6-9)25-4/h5-7,13,20H,1-4H3,(H2,17,18,22)/t13-/m1/s1. The fourth-order valence-corrected chi connectivity index (χ4v) is 2.57. The molecule has 0 bridgehead atoms. The lowest BCUT2D eigenvalue weighted by Crippen LogP contribution is -2.45. The van der Waals surface area contributed by atoms with E-state index in [1.165, 1.54) is 20.1 Å². The first-order valence-corrected chi connectivity index (χ1v) is 7.70. The Hall–Kier alpha value is -3.30. The van der Waals surface area contributed by atoms with Crippen molar-refractivity contribution in [1.29, 1.82) is 0 Å². The first kappa shape index (κ1) is 19.0. The van der Waals surface area contributed by atoms with E-state index in [9.17, 15) is 24.8 Å². The maximum Gasteiger partial charge on any atom is 0.338 e. The maximum absolute atomic E-state index is 12.5. The van der Waals surface area contributed by atoms with Gasteiger partial charge in [-0.3, -0.25) is 10.1 Å². The molecular weight excluding hydrogens is 346 g/mol. The van der Waals surface area contributed by atoms with Gasteiger partial charge in [0, 0.05) is 11.8 Å². The lowest BCUT2D eigenvalue weighted by atomic mass is 9.94. The van der Waals surface area contributed by atoms with Gasteiger partial charge in [0.2, 0.25) is 5.75 Å². The van der Waals surface area contributed by atoms with Crippen LogP contribution in [0.4, 0.5) is 10.5 Å². The normalized spacial score (nSPS) is 16.8. The molecule has 1 atom stereocenters. The van der Waals surface area contributed by atoms with Crippen molar-refractivity contribution in [1.82, 2.24) is 10.6 Å². The zero-order valence-corrected chi connectivity index (χ0v) is 14.7. The van der Waals surface area contributed by atoms with E-state index in [0.29, 0.717) is 0 Å². The molecule has 1 heterocycles. The fourth-order valence-electron chi connectivity index (χ4n) is 2.57. The Morgan fingerprint density at radius 2 is 2.04 bits per heavy atom. The molecule has 10 nitrogen and oxygen atoms in total. The van der Waals surface area contributed by atoms with Gasteiger partial charge in [-0.2, -0.15) is 0 Å². The van der Waals surface area contributed by atoms with Crippen molar-refractivity contribution in [2.24, 2.45) is 0 Å². The molecule has 3 N–H and O–H groups in total. The van der Waals surface area contributed by atoms with Crippen LogP contribution in [0.15, 0.2) is 23.4 Å². The molecule has 26 heavy (non-hydrogen) atoms. The number of nitro benzene ring substituents is 1. The van der Waals surface area contributed by atoms with Gasteiger partial charge in [-0.15, -0.1) is 0 Å². The number of amides is 2. The smallest absolute Gasteiger partial charge is 0.338 e. The second-order valence-electron chi connectivity index (χ2n) is 5.87. The number of nitro groups is 1. The van der Waals surface area contributed by atoms with Crippen LogP contribution in [0.5, 0.6) is 11.5 Å². The Labute approximate surface area is 148 Å². The minimum atomic E-state index is -1.01. The summed E-state index contributed by atoms with van der Waals surface area (Å²) in [5.41, 5.74) is -0.0583. The molecule has 0 aromatic heterocycles. The number of hydrogen-bond donors (Lipinski definition) is 3. The topological polar surface area (TPSA) is 140 Å². The van der Waals surface area contributed by atoms with Crippen LogP contribution in [0.2, 0.25) is 0 Å². The third kappa shape index (κ3) is 3.68. The van der Waals surface area contributed by atoms with Gasteiger partial charge in [0.1, 0.15) is 0 Å². The highest BCUT2D eigenvalue weighted by Crippen LogP contribution is 2.40. The third-order valence-electron chi connectivity index (χ3n) is 3.66. The number of esters is 1. The zero-order chi connectivity index (χ0) is 19.6. The lowest BCUT2D eigenvalue weighted by molar-refractivity contribution is -0.386. The van der Waals surface area contributed by atoms with E-state index in [-0.39, 0.29) is 22.6 Å². The van der Waals surface area contributed by atoms with Crippen molar-refractivity contribution in [2.75, 3.05) is 7.11 Å². The van der Waals surface area contributed by atoms with Crippen LogP contribution in [0.25, 0.3) is 0 Å². The van der Waals surface area contributed by atoms with E-state index in [1.807, 2.05) is 0 Å². The van der Waals surface area contributed by atoms with Crippen LogP contribution in [0.1, 0.15) is 32.4 Å². The van der Waals surface area contributed by atoms with E-state index in [1.54, 1.807) is 13.8 Å². The Balaban J connectivity index is 2.61. The number of phenols is 1. The average molecular weight is 365 g/mol. The minimum absolute atomic E-state index is 0.0975. The average Bonchev–Trinajstić information content (AvgIpc) is 2.53. The summed E-state index contributed by atoms with van der Waals surface area (Å²) in [5, 5.41) is 26.1. The van der Waals surface area contributed by atoms with Crippen molar-refractivity contribution >= 4 is 17.7 Å². The molecular formula is C16H19N3O7. The Kier molecular flexibility index (Phi) is 5.34. The molecule has 1 aliphatic heterocycles. The summed E-state index contributed by atoms with van der Waals surface area (Å²) in [7, 11) is 1.23. The van der Waals surface area contributed by atoms with Crippen molar-refractivity contribution in [2.45, 2.75) is 32.9 Å². The van der Waals surface area contributed by atoms with Crippen LogP contribution in [-0.4, -0.2) is 35.2 Å². The molecule has 0 aliphatic carbocycles. The highest BCUT2D eigenvalue weighted by molar-refractivity contribution is 5.95. The Bertz CT molecular complexity index is 801. The molecule has 2 amide bonds. The van der Waals surface area contributed by atoms with Gasteiger partial charge in [0.15, 0.2) is 5.75 Å². The number of phenolic OH excluding ortho intramolecular Hbond substituents is 1. The quantitative estimate of drug-likeness (QED) is 0.411. The second kappa shape index (κ2) is 7.30. The maximum atomic E-state index is 12.5. The van der Waals surface area contributed by atoms with Crippen molar-refractivity contribution in [3.8, 4) is 11.5 Å². The monoisotopic (exact) mass is 365 g/mol. The summed E-state index contributed by atoms with van der Waals surface area (Å²) in [5.74, 6) is -1.48. The number of carbonyl (C=O) groups excluding carboxylic acids is 2. The SMILES string of the molecule is COc1cc([C@H]2NC(=O)NC(C)=C2C(=O)OC(C)C)cc([N+](=O)[O-])c1O. The van der Waals surface area contributed by atoms with Gasteiger partial charge >= 0.3 is 17.7 Å². The molecule has 1 aliphatic rings. The van der Waals surface area contributed by atoms with Gasteiger partial charge in [-0.05, 0) is 32.4 Å². The van der Waals surface area contributed by atoms with Gasteiger partial charge in [0.05, 0.1) is 29.8 Å². The summed E-state index contributed by atoms with van der Waals surface area (Å²) in [6.45, 7) is 4.87. The number of carbonyl (C=O) groups is 2. The van der Waals surface area contributed by atoms with Crippen LogP contribution < -0.4 is 15.4 Å². The van der Waals surface area contributed by atoms with Crippen molar-refractivity contribution < 1.29 is 29.1 Å². The molecule has 0 saturated carbocycles. The van der Waals surface area contributed by atoms with Crippen LogP contribution in [-0.2, 0) is 9.53 Å². The molecule has 0 unspecified atom stereocenters. The van der Waals surface area contributed by atoms with Crippen LogP contribution in [0, 0.1) is 10.1 Å². The molecule has 0 radical (unpaired) electrons. The fraction of sp³-hybridized carbons (Fsp3) is 0.375. The Morgan fingerprint density at radius 3 is 2.58 bits per heavy atom. The minimum Gasteiger partial charge on any atom is -0.500 e. The van der Waals surface area contributed by atoms with Crippen LogP contribution in [0.3, 0.4) is 0 Å². The molecule has 0 saturated heterocycles. The van der Waals surface area contributed by atoms with Crippen molar-refractivity contribution in [3.05, 3.63) is 39.1 Å². The third-order valence-corrected chi connectivity index (χ3v) is 3.66. The summed E-state index contributed by atoms with van der Waals surface area (Å²) in [4.78, 5) is 34.7. The predicted molar refractivity (Wildman–Crippen MR) is 89.6 cm³/mol. The molecule has 0 fully saturated rings. The first-order chi connectivity index (χ1) is 12.1. The number of rotatable bonds is 5. The molecule has 140 valence electrons. The lowest BCUT2D eigenvalue weighted by Gasteiger charge is -2.28. The van der Waals surface area contributed by atoms with Gasteiger partial charge in [0.25, 0.3) is 0 Å². The second-order valence-corrected chi connectivity index (χ2v) is 5.87. The molecule has 1 aromatic carbocycles. The number of aromatic hydroxyl groups is 1. The van der Waals surface area contributed by atoms with Gasteiger partial charge in [-0.1, -0.05) is 0 Å². The highest BCUT2D eigenvalue weighted by atomic mass is 16.6. The summed E-state index contributed by atoms with van der Waals surface area (Å²) >= 11 is 0. The zero-order valence-electron chi connectivity index (χ0n) is 14.7. The molecule has 0 spiro atoms. The number of nitrogens with zero attached hydrogens (tertiary/aromatic N) is 1. The predicted octanol–water partition coefficient (Wildman–Crippen LogP) is 1.89. The van der Waals surface area contributed by atoms with Crippen LogP contribution >= 0.6 is 0 Å². The molecule has 10 heteroatoms. The molecule has 1 aromatic rings. The van der Waals surface area contributed by atoms with E-state index < -0.39 is 40.5 Å². The number of ether oxygens (including phenoxy) is 2. The van der Waals surface area contributed by atoms with E-state index >= 15 is 0 Å². The van der Waals surface area contributed by atoms with E-state index in [2.05, 4.69) is 10.6 Å². The number of methoxy groups -OCH3 is 1. The highest BCUT2D eigenvalue weighted by Gasteiger charge is 2.34. The first-order valence-electron chi connectivity index (χ1n) is 7.70. The number of urea groups is 1. The van der Waals surface area contributed by atoms with E-state index in [0.717, 1.165) is 6.07 Å². The molecule has 2 rings (SSSR count). The number of benzene rings is 1. The summed E-state index contributed by atoms with van der Waals surface area (Å²) < 4.78 is 10.2. The summed E-state index contributed by atoms with van der Waals surface area (Å²) in [6.07, 6.45) is -0.398. The van der Waals surface area contributed by atoms with E-state index in [4.69, 9.17) is 9.47 Å².